The Morgan fingerprint density at radius 1 is 1.26 bits per heavy atom. The Morgan fingerprint density at radius 3 is 2.30 bits per heavy atom. The van der Waals surface area contributed by atoms with E-state index in [0.29, 0.717) is 23.9 Å². The van der Waals surface area contributed by atoms with Crippen LogP contribution in [-0.4, -0.2) is 64.7 Å². The average molecular weight is 407 g/mol. The van der Waals surface area contributed by atoms with Gasteiger partial charge in [-0.05, 0) is 43.5 Å². The van der Waals surface area contributed by atoms with Crippen molar-refractivity contribution in [3.63, 3.8) is 0 Å². The lowest BCUT2D eigenvalue weighted by molar-refractivity contribution is -0.251. The summed E-state index contributed by atoms with van der Waals surface area (Å²) in [6.07, 6.45) is -4.73. The normalized spacial score (nSPS) is 22.9. The lowest BCUT2D eigenvalue weighted by atomic mass is 9.90. The van der Waals surface area contributed by atoms with Gasteiger partial charge in [-0.2, -0.15) is 13.2 Å². The zero-order valence-electron chi connectivity index (χ0n) is 15.3. The third-order valence-electron chi connectivity index (χ3n) is 5.02. The molecule has 1 aromatic carbocycles. The van der Waals surface area contributed by atoms with Crippen molar-refractivity contribution in [3.8, 4) is 0 Å². The average Bonchev–Trinajstić information content (AvgIpc) is 2.59. The molecule has 0 aromatic heterocycles. The number of hydrogen-bond acceptors (Lipinski definition) is 3. The molecule has 0 aliphatic carbocycles. The number of amides is 2. The van der Waals surface area contributed by atoms with Crippen LogP contribution >= 0.6 is 11.6 Å². The molecule has 9 heteroatoms. The number of hydrogen-bond donors (Lipinski definition) is 1. The van der Waals surface area contributed by atoms with E-state index in [-0.39, 0.29) is 31.0 Å². The number of carbonyl (C=O) groups excluding carboxylic acids is 2. The van der Waals surface area contributed by atoms with E-state index >= 15 is 0 Å². The Morgan fingerprint density at radius 2 is 1.81 bits per heavy atom. The van der Waals surface area contributed by atoms with Gasteiger partial charge in [-0.15, -0.1) is 0 Å². The van der Waals surface area contributed by atoms with Crippen molar-refractivity contribution in [1.29, 1.82) is 0 Å². The predicted octanol–water partition coefficient (Wildman–Crippen LogP) is 2.96. The van der Waals surface area contributed by atoms with E-state index in [0.717, 1.165) is 4.90 Å². The van der Waals surface area contributed by atoms with Crippen molar-refractivity contribution in [3.05, 3.63) is 34.9 Å². The first-order valence-corrected chi connectivity index (χ1v) is 8.85. The summed E-state index contributed by atoms with van der Waals surface area (Å²) in [5, 5.41) is 10.1. The second-order valence-electron chi connectivity index (χ2n) is 7.08. The number of nitrogens with zero attached hydrogens (tertiary/aromatic N) is 2. The highest BCUT2D eigenvalue weighted by molar-refractivity contribution is 6.30. The summed E-state index contributed by atoms with van der Waals surface area (Å²) < 4.78 is 38.7. The van der Waals surface area contributed by atoms with Gasteiger partial charge in [0, 0.05) is 36.8 Å². The fourth-order valence-corrected chi connectivity index (χ4v) is 3.39. The first-order valence-electron chi connectivity index (χ1n) is 8.47. The molecule has 1 heterocycles. The SMILES string of the molecule is C[C@H]1CN(C(=O)C(C)(O)C(F)(F)F)CC[C@H]1N(C)C(=O)c1ccc(Cl)cc1. The first kappa shape index (κ1) is 21.5. The molecule has 5 nitrogen and oxygen atoms in total. The highest BCUT2D eigenvalue weighted by Crippen LogP contribution is 2.33. The number of likely N-dealkylation sites (tertiary alicyclic amines) is 1. The van der Waals surface area contributed by atoms with E-state index in [1.165, 1.54) is 4.90 Å². The van der Waals surface area contributed by atoms with Gasteiger partial charge >= 0.3 is 6.18 Å². The molecule has 0 radical (unpaired) electrons. The largest absolute Gasteiger partial charge is 0.426 e. The van der Waals surface area contributed by atoms with E-state index in [9.17, 15) is 27.9 Å². The number of aliphatic hydroxyl groups is 1. The maximum Gasteiger partial charge on any atom is 0.426 e. The number of carbonyl (C=O) groups is 2. The van der Waals surface area contributed by atoms with Gasteiger partial charge in [-0.3, -0.25) is 9.59 Å². The summed E-state index contributed by atoms with van der Waals surface area (Å²) in [6, 6.07) is 6.17. The fourth-order valence-electron chi connectivity index (χ4n) is 3.27. The van der Waals surface area contributed by atoms with Gasteiger partial charge in [0.05, 0.1) is 0 Å². The molecule has 0 saturated carbocycles. The zero-order chi connectivity index (χ0) is 20.6. The molecule has 150 valence electrons. The molecule has 1 aliphatic heterocycles. The van der Waals surface area contributed by atoms with Gasteiger partial charge in [-0.1, -0.05) is 18.5 Å². The van der Waals surface area contributed by atoms with E-state index in [4.69, 9.17) is 11.6 Å². The molecule has 2 amide bonds. The van der Waals surface area contributed by atoms with Crippen molar-refractivity contribution < 1.29 is 27.9 Å². The van der Waals surface area contributed by atoms with Crippen LogP contribution in [-0.2, 0) is 4.79 Å². The van der Waals surface area contributed by atoms with Crippen LogP contribution in [0, 0.1) is 5.92 Å². The Balaban J connectivity index is 2.07. The predicted molar refractivity (Wildman–Crippen MR) is 94.4 cm³/mol. The zero-order valence-corrected chi connectivity index (χ0v) is 16.0. The van der Waals surface area contributed by atoms with Gasteiger partial charge in [0.2, 0.25) is 5.60 Å². The number of rotatable bonds is 3. The summed E-state index contributed by atoms with van der Waals surface area (Å²) in [6.45, 7) is 2.27. The first-order chi connectivity index (χ1) is 12.4. The van der Waals surface area contributed by atoms with Crippen LogP contribution in [0.3, 0.4) is 0 Å². The van der Waals surface area contributed by atoms with Crippen LogP contribution in [0.15, 0.2) is 24.3 Å². The van der Waals surface area contributed by atoms with Crippen molar-refractivity contribution in [2.24, 2.45) is 5.92 Å². The maximum atomic E-state index is 12.9. The molecule has 3 atom stereocenters. The summed E-state index contributed by atoms with van der Waals surface area (Å²) >= 11 is 5.82. The molecule has 1 saturated heterocycles. The maximum absolute atomic E-state index is 12.9. The molecule has 1 fully saturated rings. The smallest absolute Gasteiger partial charge is 0.373 e. The van der Waals surface area contributed by atoms with E-state index in [2.05, 4.69) is 0 Å². The molecule has 2 rings (SSSR count). The molecule has 27 heavy (non-hydrogen) atoms. The molecular formula is C18H22ClF3N2O3. The van der Waals surface area contributed by atoms with E-state index in [1.807, 2.05) is 0 Å². The second-order valence-corrected chi connectivity index (χ2v) is 7.51. The van der Waals surface area contributed by atoms with Gasteiger partial charge in [0.25, 0.3) is 11.8 Å². The molecule has 0 spiro atoms. The summed E-state index contributed by atoms with van der Waals surface area (Å²) in [5.74, 6) is -1.86. The highest BCUT2D eigenvalue weighted by atomic mass is 35.5. The van der Waals surface area contributed by atoms with Gasteiger partial charge in [0.1, 0.15) is 0 Å². The summed E-state index contributed by atoms with van der Waals surface area (Å²) in [4.78, 5) is 27.3. The van der Waals surface area contributed by atoms with Crippen LogP contribution in [0.1, 0.15) is 30.6 Å². The van der Waals surface area contributed by atoms with Crippen LogP contribution < -0.4 is 0 Å². The topological polar surface area (TPSA) is 60.9 Å². The molecule has 1 aliphatic rings. The minimum Gasteiger partial charge on any atom is -0.373 e. The summed E-state index contributed by atoms with van der Waals surface area (Å²) in [5.41, 5.74) is -2.97. The van der Waals surface area contributed by atoms with Crippen molar-refractivity contribution in [1.82, 2.24) is 9.80 Å². The second kappa shape index (κ2) is 7.67. The number of alkyl halides is 3. The third-order valence-corrected chi connectivity index (χ3v) is 5.28. The lowest BCUT2D eigenvalue weighted by Gasteiger charge is -2.43. The Hall–Kier alpha value is -1.80. The quantitative estimate of drug-likeness (QED) is 0.839. The molecule has 1 unspecified atom stereocenters. The van der Waals surface area contributed by atoms with Gasteiger partial charge in [0.15, 0.2) is 0 Å². The Kier molecular flexibility index (Phi) is 6.11. The van der Waals surface area contributed by atoms with Gasteiger partial charge in [-0.25, -0.2) is 0 Å². The van der Waals surface area contributed by atoms with Gasteiger partial charge < -0.3 is 14.9 Å². The standard InChI is InChI=1S/C18H22ClF3N2O3/c1-11-10-24(16(26)17(2,27)18(20,21)22)9-8-14(11)23(3)15(25)12-4-6-13(19)7-5-12/h4-7,11,14,27H,8-10H2,1-3H3/t11-,14+,17?/m0/s1. The molecular weight excluding hydrogens is 385 g/mol. The third kappa shape index (κ3) is 4.38. The fraction of sp³-hybridized carbons (Fsp3) is 0.556. The highest BCUT2D eigenvalue weighted by Gasteiger charge is 2.57. The van der Waals surface area contributed by atoms with Crippen molar-refractivity contribution in [2.45, 2.75) is 38.1 Å². The van der Waals surface area contributed by atoms with Crippen LogP contribution in [0.25, 0.3) is 0 Å². The van der Waals surface area contributed by atoms with Crippen LogP contribution in [0.2, 0.25) is 5.02 Å². The number of halogens is 4. The molecule has 1 aromatic rings. The van der Waals surface area contributed by atoms with E-state index < -0.39 is 17.7 Å². The monoisotopic (exact) mass is 406 g/mol. The number of benzene rings is 1. The minimum absolute atomic E-state index is 0.0218. The van der Waals surface area contributed by atoms with Crippen molar-refractivity contribution in [2.75, 3.05) is 20.1 Å². The Bertz CT molecular complexity index is 707. The van der Waals surface area contributed by atoms with Crippen molar-refractivity contribution >= 4 is 23.4 Å². The molecule has 1 N–H and O–H groups in total. The summed E-state index contributed by atoms with van der Waals surface area (Å²) in [7, 11) is 1.63. The molecule has 0 bridgehead atoms. The lowest BCUT2D eigenvalue weighted by Crippen LogP contribution is -2.60. The van der Waals surface area contributed by atoms with Crippen LogP contribution in [0.4, 0.5) is 13.2 Å². The van der Waals surface area contributed by atoms with Crippen LogP contribution in [0.5, 0.6) is 0 Å². The number of piperidine rings is 1. The Labute approximate surface area is 160 Å². The van der Waals surface area contributed by atoms with E-state index in [1.54, 1.807) is 38.2 Å². The minimum atomic E-state index is -5.05.